The van der Waals surface area contributed by atoms with Crippen LogP contribution in [0.5, 0.6) is 0 Å². The fourth-order valence-electron chi connectivity index (χ4n) is 3.39. The Morgan fingerprint density at radius 1 is 1.14 bits per heavy atom. The summed E-state index contributed by atoms with van der Waals surface area (Å²) in [5.41, 5.74) is 2.09. The first-order valence-corrected chi connectivity index (χ1v) is 9.62. The highest BCUT2D eigenvalue weighted by molar-refractivity contribution is 5.91. The van der Waals surface area contributed by atoms with E-state index in [1.165, 1.54) is 6.26 Å². The van der Waals surface area contributed by atoms with Crippen LogP contribution >= 0.6 is 0 Å². The molecule has 2 N–H and O–H groups in total. The second-order valence-electron chi connectivity index (χ2n) is 6.77. The lowest BCUT2D eigenvalue weighted by Gasteiger charge is -2.36. The minimum absolute atomic E-state index is 0.0679. The van der Waals surface area contributed by atoms with Gasteiger partial charge in [-0.3, -0.25) is 9.79 Å². The number of guanidine groups is 1. The number of carbonyl (C=O) groups is 1. The van der Waals surface area contributed by atoms with E-state index in [4.69, 9.17) is 4.42 Å². The molecule has 1 saturated heterocycles. The molecule has 3 heterocycles. The average Bonchev–Trinajstić information content (AvgIpc) is 3.47. The van der Waals surface area contributed by atoms with Crippen LogP contribution in [-0.2, 0) is 6.54 Å². The van der Waals surface area contributed by atoms with Gasteiger partial charge in [0.25, 0.3) is 5.91 Å². The Kier molecular flexibility index (Phi) is 5.60. The number of carbonyl (C=O) groups excluding carboxylic acids is 1. The van der Waals surface area contributed by atoms with Crippen molar-refractivity contribution in [2.24, 2.45) is 4.99 Å². The Balaban J connectivity index is 1.30. The summed E-state index contributed by atoms with van der Waals surface area (Å²) in [6.45, 7) is 3.21. The van der Waals surface area contributed by atoms with Gasteiger partial charge in [-0.15, -0.1) is 0 Å². The van der Waals surface area contributed by atoms with Gasteiger partial charge in [0, 0.05) is 33.2 Å². The molecular weight excluding hydrogens is 368 g/mol. The summed E-state index contributed by atoms with van der Waals surface area (Å²) in [4.78, 5) is 28.5. The van der Waals surface area contributed by atoms with Crippen molar-refractivity contribution < 1.29 is 9.21 Å². The Labute approximate surface area is 169 Å². The highest BCUT2D eigenvalue weighted by Crippen LogP contribution is 2.16. The van der Waals surface area contributed by atoms with Gasteiger partial charge in [-0.25, -0.2) is 4.98 Å². The predicted octanol–water partition coefficient (Wildman–Crippen LogP) is 2.20. The van der Waals surface area contributed by atoms with E-state index in [0.717, 1.165) is 23.0 Å². The molecule has 1 aliphatic rings. The lowest BCUT2D eigenvalue weighted by atomic mass is 10.2. The number of aromatic amines is 1. The molecule has 4 rings (SSSR count). The summed E-state index contributed by atoms with van der Waals surface area (Å²) in [5.74, 6) is 1.96. The van der Waals surface area contributed by atoms with Crippen molar-refractivity contribution in [2.45, 2.75) is 6.54 Å². The van der Waals surface area contributed by atoms with Crippen LogP contribution in [0.3, 0.4) is 0 Å². The number of H-pyrrole nitrogens is 1. The number of nitrogens with one attached hydrogen (secondary N) is 2. The molecule has 0 unspecified atom stereocenters. The Morgan fingerprint density at radius 3 is 2.59 bits per heavy atom. The number of furan rings is 1. The van der Waals surface area contributed by atoms with Crippen molar-refractivity contribution in [3.05, 3.63) is 66.5 Å². The molecule has 3 aromatic rings. The molecule has 1 aromatic carbocycles. The van der Waals surface area contributed by atoms with Gasteiger partial charge in [0.2, 0.25) is 0 Å². The van der Waals surface area contributed by atoms with Gasteiger partial charge in [-0.05, 0) is 17.7 Å². The third-order valence-electron chi connectivity index (χ3n) is 4.94. The van der Waals surface area contributed by atoms with Crippen molar-refractivity contribution in [3.63, 3.8) is 0 Å². The second kappa shape index (κ2) is 8.64. The molecule has 29 heavy (non-hydrogen) atoms. The number of hydrogen-bond donors (Lipinski definition) is 2. The van der Waals surface area contributed by atoms with Gasteiger partial charge in [-0.1, -0.05) is 30.3 Å². The molecular formula is C21H24N6O2. The zero-order valence-electron chi connectivity index (χ0n) is 16.3. The SMILES string of the molecule is CN=C(NCc1ncc(-c2ccccc2)[nH]1)N1CCN(C(=O)c2ccco2)CC1. The first-order chi connectivity index (χ1) is 14.2. The van der Waals surface area contributed by atoms with Crippen molar-refractivity contribution in [1.82, 2.24) is 25.1 Å². The monoisotopic (exact) mass is 392 g/mol. The van der Waals surface area contributed by atoms with Crippen LogP contribution < -0.4 is 5.32 Å². The molecule has 0 atom stereocenters. The second-order valence-corrected chi connectivity index (χ2v) is 6.77. The Hall–Kier alpha value is -3.55. The van der Waals surface area contributed by atoms with Gasteiger partial charge < -0.3 is 24.5 Å². The van der Waals surface area contributed by atoms with E-state index < -0.39 is 0 Å². The molecule has 1 fully saturated rings. The zero-order valence-corrected chi connectivity index (χ0v) is 16.3. The number of nitrogens with zero attached hydrogens (tertiary/aromatic N) is 4. The lowest BCUT2D eigenvalue weighted by molar-refractivity contribution is 0.0657. The van der Waals surface area contributed by atoms with Crippen LogP contribution in [0.15, 0.2) is 64.3 Å². The lowest BCUT2D eigenvalue weighted by Crippen LogP contribution is -2.53. The molecule has 0 radical (unpaired) electrons. The smallest absolute Gasteiger partial charge is 0.289 e. The molecule has 0 bridgehead atoms. The summed E-state index contributed by atoms with van der Waals surface area (Å²) in [6, 6.07) is 13.5. The van der Waals surface area contributed by atoms with E-state index in [1.807, 2.05) is 36.5 Å². The molecule has 8 nitrogen and oxygen atoms in total. The Morgan fingerprint density at radius 2 is 1.90 bits per heavy atom. The zero-order chi connectivity index (χ0) is 20.1. The number of imidazole rings is 1. The number of aromatic nitrogens is 2. The number of piperazine rings is 1. The number of rotatable bonds is 4. The molecule has 1 amide bonds. The molecule has 0 saturated carbocycles. The third-order valence-corrected chi connectivity index (χ3v) is 4.94. The summed E-state index contributed by atoms with van der Waals surface area (Å²) in [7, 11) is 1.76. The highest BCUT2D eigenvalue weighted by atomic mass is 16.3. The van der Waals surface area contributed by atoms with Gasteiger partial charge in [0.15, 0.2) is 11.7 Å². The number of benzene rings is 1. The van der Waals surface area contributed by atoms with Crippen molar-refractivity contribution in [1.29, 1.82) is 0 Å². The quantitative estimate of drug-likeness (QED) is 0.525. The molecule has 2 aromatic heterocycles. The van der Waals surface area contributed by atoms with E-state index in [9.17, 15) is 4.79 Å². The summed E-state index contributed by atoms with van der Waals surface area (Å²) >= 11 is 0. The molecule has 0 aliphatic carbocycles. The summed E-state index contributed by atoms with van der Waals surface area (Å²) in [6.07, 6.45) is 3.36. The molecule has 8 heteroatoms. The highest BCUT2D eigenvalue weighted by Gasteiger charge is 2.25. The van der Waals surface area contributed by atoms with Crippen LogP contribution in [0, 0.1) is 0 Å². The normalized spacial score (nSPS) is 14.9. The van der Waals surface area contributed by atoms with E-state index in [0.29, 0.717) is 38.5 Å². The minimum Gasteiger partial charge on any atom is -0.459 e. The molecule has 0 spiro atoms. The fraction of sp³-hybridized carbons (Fsp3) is 0.286. The summed E-state index contributed by atoms with van der Waals surface area (Å²) < 4.78 is 5.21. The topological polar surface area (TPSA) is 89.8 Å². The predicted molar refractivity (Wildman–Crippen MR) is 110 cm³/mol. The van der Waals surface area contributed by atoms with Gasteiger partial charge in [0.1, 0.15) is 5.82 Å². The summed E-state index contributed by atoms with van der Waals surface area (Å²) in [5, 5.41) is 3.35. The number of aliphatic imine (C=N–C) groups is 1. The average molecular weight is 392 g/mol. The van der Waals surface area contributed by atoms with Crippen molar-refractivity contribution >= 4 is 11.9 Å². The van der Waals surface area contributed by atoms with Gasteiger partial charge in [-0.2, -0.15) is 0 Å². The first-order valence-electron chi connectivity index (χ1n) is 9.62. The number of amides is 1. The maximum atomic E-state index is 12.4. The molecule has 150 valence electrons. The molecule has 1 aliphatic heterocycles. The van der Waals surface area contributed by atoms with Gasteiger partial charge >= 0.3 is 0 Å². The maximum Gasteiger partial charge on any atom is 0.289 e. The third kappa shape index (κ3) is 4.31. The van der Waals surface area contributed by atoms with Crippen LogP contribution in [0.1, 0.15) is 16.4 Å². The standard InChI is InChI=1S/C21H24N6O2/c1-22-21(24-15-19-23-14-17(25-19)16-6-3-2-4-7-16)27-11-9-26(10-12-27)20(28)18-8-5-13-29-18/h2-8,13-14H,9-12,15H2,1H3,(H,22,24)(H,23,25). The minimum atomic E-state index is -0.0679. The fourth-order valence-corrected chi connectivity index (χ4v) is 3.39. The van der Waals surface area contributed by atoms with Crippen LogP contribution in [-0.4, -0.2) is 64.9 Å². The van der Waals surface area contributed by atoms with Gasteiger partial charge in [0.05, 0.1) is 24.7 Å². The van der Waals surface area contributed by atoms with E-state index >= 15 is 0 Å². The van der Waals surface area contributed by atoms with Crippen LogP contribution in [0.25, 0.3) is 11.3 Å². The van der Waals surface area contributed by atoms with Crippen LogP contribution in [0.4, 0.5) is 0 Å². The van der Waals surface area contributed by atoms with Crippen molar-refractivity contribution in [3.8, 4) is 11.3 Å². The van der Waals surface area contributed by atoms with Crippen LogP contribution in [0.2, 0.25) is 0 Å². The maximum absolute atomic E-state index is 12.4. The first kappa shape index (κ1) is 18.8. The van der Waals surface area contributed by atoms with Crippen molar-refractivity contribution in [2.75, 3.05) is 33.2 Å². The van der Waals surface area contributed by atoms with E-state index in [1.54, 1.807) is 24.1 Å². The van der Waals surface area contributed by atoms with E-state index in [2.05, 4.69) is 25.2 Å². The van der Waals surface area contributed by atoms with E-state index in [-0.39, 0.29) is 5.91 Å². The largest absolute Gasteiger partial charge is 0.459 e. The Bertz CT molecular complexity index is 956. The number of hydrogen-bond acceptors (Lipinski definition) is 4.